The second kappa shape index (κ2) is 8.40. The third-order valence-electron chi connectivity index (χ3n) is 4.74. The van der Waals surface area contributed by atoms with E-state index in [9.17, 15) is 14.4 Å². The lowest BCUT2D eigenvalue weighted by Crippen LogP contribution is -2.51. The summed E-state index contributed by atoms with van der Waals surface area (Å²) in [6.45, 7) is 1.85. The third-order valence-corrected chi connectivity index (χ3v) is 4.99. The molecule has 26 heavy (non-hydrogen) atoms. The number of ether oxygens (including phenoxy) is 1. The monoisotopic (exact) mass is 379 g/mol. The van der Waals surface area contributed by atoms with Crippen molar-refractivity contribution >= 4 is 29.4 Å². The van der Waals surface area contributed by atoms with Gasteiger partial charge in [-0.15, -0.1) is 0 Å². The van der Waals surface area contributed by atoms with E-state index in [-0.39, 0.29) is 18.2 Å². The fraction of sp³-hybridized carbons (Fsp3) is 0.500. The summed E-state index contributed by atoms with van der Waals surface area (Å²) < 4.78 is 5.79. The number of nitrogens with zero attached hydrogens (tertiary/aromatic N) is 1. The minimum absolute atomic E-state index is 0.119. The summed E-state index contributed by atoms with van der Waals surface area (Å²) in [6, 6.07) is 6.02. The van der Waals surface area contributed by atoms with Crippen LogP contribution in [0, 0.1) is 5.92 Å². The molecule has 1 aromatic rings. The molecule has 2 aliphatic rings. The maximum absolute atomic E-state index is 12.6. The van der Waals surface area contributed by atoms with Crippen molar-refractivity contribution in [2.45, 2.75) is 31.7 Å². The molecule has 4 amide bonds. The molecule has 140 valence electrons. The third kappa shape index (κ3) is 4.88. The van der Waals surface area contributed by atoms with Gasteiger partial charge >= 0.3 is 6.03 Å². The quantitative estimate of drug-likeness (QED) is 0.836. The van der Waals surface area contributed by atoms with Crippen LogP contribution < -0.4 is 15.4 Å². The number of imide groups is 1. The predicted molar refractivity (Wildman–Crippen MR) is 95.9 cm³/mol. The lowest BCUT2D eigenvalue weighted by molar-refractivity contribution is -0.134. The smallest absolute Gasteiger partial charge is 0.322 e. The first kappa shape index (κ1) is 18.5. The summed E-state index contributed by atoms with van der Waals surface area (Å²) in [5.74, 6) is 0.690. The molecule has 1 unspecified atom stereocenters. The second-order valence-electron chi connectivity index (χ2n) is 6.65. The molecule has 2 fully saturated rings. The molecule has 8 heteroatoms. The molecular formula is C18H22ClN3O4. The van der Waals surface area contributed by atoms with Crippen molar-refractivity contribution < 1.29 is 19.1 Å². The summed E-state index contributed by atoms with van der Waals surface area (Å²) in [5.41, 5.74) is 0. The number of rotatable bonds is 4. The van der Waals surface area contributed by atoms with Crippen LogP contribution in [0.4, 0.5) is 4.79 Å². The van der Waals surface area contributed by atoms with Gasteiger partial charge in [0, 0.05) is 24.5 Å². The maximum atomic E-state index is 12.6. The maximum Gasteiger partial charge on any atom is 0.322 e. The molecule has 2 N–H and O–H groups in total. The van der Waals surface area contributed by atoms with Gasteiger partial charge in [-0.3, -0.25) is 14.9 Å². The van der Waals surface area contributed by atoms with E-state index in [4.69, 9.17) is 16.3 Å². The molecule has 3 rings (SSSR count). The van der Waals surface area contributed by atoms with E-state index in [1.807, 2.05) is 12.1 Å². The normalized spacial score (nSPS) is 21.6. The number of urea groups is 1. The van der Waals surface area contributed by atoms with E-state index in [0.717, 1.165) is 18.6 Å². The Kier molecular flexibility index (Phi) is 5.98. The lowest BCUT2D eigenvalue weighted by atomic mass is 9.97. The van der Waals surface area contributed by atoms with Crippen LogP contribution in [-0.4, -0.2) is 48.5 Å². The number of piperidine rings is 1. The molecule has 0 spiro atoms. The summed E-state index contributed by atoms with van der Waals surface area (Å²) in [6.07, 6.45) is 2.19. The van der Waals surface area contributed by atoms with Gasteiger partial charge in [0.05, 0.1) is 6.61 Å². The number of nitrogens with one attached hydrogen (secondary N) is 2. The predicted octanol–water partition coefficient (Wildman–Crippen LogP) is 1.95. The molecule has 1 aromatic carbocycles. The van der Waals surface area contributed by atoms with Crippen LogP contribution in [0.5, 0.6) is 5.75 Å². The van der Waals surface area contributed by atoms with Gasteiger partial charge in [0.1, 0.15) is 11.8 Å². The Morgan fingerprint density at radius 1 is 1.15 bits per heavy atom. The minimum atomic E-state index is -0.636. The molecule has 0 saturated carbocycles. The zero-order valence-electron chi connectivity index (χ0n) is 14.4. The van der Waals surface area contributed by atoms with E-state index in [1.165, 1.54) is 0 Å². The Balaban J connectivity index is 1.45. The summed E-state index contributed by atoms with van der Waals surface area (Å²) in [5, 5.41) is 5.43. The van der Waals surface area contributed by atoms with Crippen molar-refractivity contribution in [1.29, 1.82) is 0 Å². The number of amides is 4. The van der Waals surface area contributed by atoms with Crippen LogP contribution in [0.3, 0.4) is 0 Å². The Morgan fingerprint density at radius 2 is 1.85 bits per heavy atom. The average molecular weight is 380 g/mol. The highest BCUT2D eigenvalue weighted by molar-refractivity contribution is 6.30. The lowest BCUT2D eigenvalue weighted by Gasteiger charge is -2.34. The van der Waals surface area contributed by atoms with E-state index in [2.05, 4.69) is 10.6 Å². The van der Waals surface area contributed by atoms with E-state index in [1.54, 1.807) is 17.0 Å². The first-order chi connectivity index (χ1) is 12.5. The first-order valence-electron chi connectivity index (χ1n) is 8.79. The van der Waals surface area contributed by atoms with Crippen molar-refractivity contribution in [3.8, 4) is 5.75 Å². The SMILES string of the molecule is O=C1CCC(C(=O)N2CCC(COc3ccc(Cl)cc3)CC2)NC(=O)N1. The van der Waals surface area contributed by atoms with Gasteiger partial charge in [0.25, 0.3) is 0 Å². The van der Waals surface area contributed by atoms with Crippen LogP contribution >= 0.6 is 11.6 Å². The molecule has 0 bridgehead atoms. The fourth-order valence-corrected chi connectivity index (χ4v) is 3.33. The molecule has 1 atom stereocenters. The van der Waals surface area contributed by atoms with Crippen LogP contribution in [-0.2, 0) is 9.59 Å². The number of benzene rings is 1. The van der Waals surface area contributed by atoms with Gasteiger partial charge in [-0.05, 0) is 49.4 Å². The number of halogens is 1. The molecule has 0 aliphatic carbocycles. The fourth-order valence-electron chi connectivity index (χ4n) is 3.20. The van der Waals surface area contributed by atoms with Crippen LogP contribution in [0.15, 0.2) is 24.3 Å². The highest BCUT2D eigenvalue weighted by Gasteiger charge is 2.31. The number of carbonyl (C=O) groups is 3. The Hall–Kier alpha value is -2.28. The Bertz CT molecular complexity index is 672. The molecule has 2 aliphatic heterocycles. The van der Waals surface area contributed by atoms with Gasteiger partial charge in [0.15, 0.2) is 0 Å². The summed E-state index contributed by atoms with van der Waals surface area (Å²) in [7, 11) is 0. The zero-order chi connectivity index (χ0) is 18.5. The second-order valence-corrected chi connectivity index (χ2v) is 7.08. The molecule has 2 saturated heterocycles. The van der Waals surface area contributed by atoms with Crippen LogP contribution in [0.2, 0.25) is 5.02 Å². The Labute approximate surface area is 157 Å². The highest BCUT2D eigenvalue weighted by Crippen LogP contribution is 2.21. The molecule has 2 heterocycles. The van der Waals surface area contributed by atoms with Gasteiger partial charge in [-0.2, -0.15) is 0 Å². The molecule has 0 aromatic heterocycles. The van der Waals surface area contributed by atoms with Crippen molar-refractivity contribution in [2.75, 3.05) is 19.7 Å². The number of likely N-dealkylation sites (tertiary alicyclic amines) is 1. The van der Waals surface area contributed by atoms with Gasteiger partial charge in [-0.25, -0.2) is 4.79 Å². The highest BCUT2D eigenvalue weighted by atomic mass is 35.5. The van der Waals surface area contributed by atoms with E-state index >= 15 is 0 Å². The first-order valence-corrected chi connectivity index (χ1v) is 9.16. The van der Waals surface area contributed by atoms with Crippen molar-refractivity contribution in [1.82, 2.24) is 15.5 Å². The average Bonchev–Trinajstić information content (AvgIpc) is 2.81. The largest absolute Gasteiger partial charge is 0.493 e. The summed E-state index contributed by atoms with van der Waals surface area (Å²) >= 11 is 5.86. The topological polar surface area (TPSA) is 87.7 Å². The van der Waals surface area contributed by atoms with Crippen LogP contribution in [0.25, 0.3) is 0 Å². The number of carbonyl (C=O) groups excluding carboxylic acids is 3. The van der Waals surface area contributed by atoms with Crippen molar-refractivity contribution in [3.05, 3.63) is 29.3 Å². The Morgan fingerprint density at radius 3 is 2.54 bits per heavy atom. The number of hydrogen-bond acceptors (Lipinski definition) is 4. The van der Waals surface area contributed by atoms with Gasteiger partial charge < -0.3 is 15.0 Å². The molecule has 7 nitrogen and oxygen atoms in total. The summed E-state index contributed by atoms with van der Waals surface area (Å²) in [4.78, 5) is 37.3. The van der Waals surface area contributed by atoms with Gasteiger partial charge in [0.2, 0.25) is 11.8 Å². The van der Waals surface area contributed by atoms with Crippen LogP contribution in [0.1, 0.15) is 25.7 Å². The molecule has 0 radical (unpaired) electrons. The zero-order valence-corrected chi connectivity index (χ0v) is 15.1. The minimum Gasteiger partial charge on any atom is -0.493 e. The number of hydrogen-bond donors (Lipinski definition) is 2. The standard InChI is InChI=1S/C18H22ClN3O4/c19-13-1-3-14(4-2-13)26-11-12-7-9-22(10-8-12)17(24)15-5-6-16(23)21-18(25)20-15/h1-4,12,15H,5-11H2,(H2,20,21,23,25). The van der Waals surface area contributed by atoms with Crippen molar-refractivity contribution in [2.24, 2.45) is 5.92 Å². The van der Waals surface area contributed by atoms with Crippen molar-refractivity contribution in [3.63, 3.8) is 0 Å². The molecular weight excluding hydrogens is 358 g/mol. The van der Waals surface area contributed by atoms with E-state index < -0.39 is 12.1 Å². The van der Waals surface area contributed by atoms with E-state index in [0.29, 0.717) is 37.1 Å². The van der Waals surface area contributed by atoms with Gasteiger partial charge in [-0.1, -0.05) is 11.6 Å².